The van der Waals surface area contributed by atoms with Gasteiger partial charge in [0, 0.05) is 36.8 Å². The number of nitrogens with one attached hydrogen (secondary N) is 1. The molecule has 0 spiro atoms. The van der Waals surface area contributed by atoms with Crippen LogP contribution in [0.1, 0.15) is 38.1 Å². The van der Waals surface area contributed by atoms with E-state index in [4.69, 9.17) is 4.74 Å². The second-order valence-electron chi connectivity index (χ2n) is 7.54. The lowest BCUT2D eigenvalue weighted by Gasteiger charge is -2.45. The zero-order chi connectivity index (χ0) is 18.0. The molecule has 0 unspecified atom stereocenters. The van der Waals surface area contributed by atoms with Crippen LogP contribution in [0, 0.1) is 0 Å². The highest BCUT2D eigenvalue weighted by atomic mass is 16.5. The Labute approximate surface area is 149 Å². The first-order valence-corrected chi connectivity index (χ1v) is 8.89. The second-order valence-corrected chi connectivity index (χ2v) is 7.54. The van der Waals surface area contributed by atoms with E-state index in [9.17, 15) is 4.79 Å². The number of carbonyl (C=O) groups excluding carboxylic acids is 1. The highest BCUT2D eigenvalue weighted by Crippen LogP contribution is 2.21. The number of morpholine rings is 1. The van der Waals surface area contributed by atoms with Crippen molar-refractivity contribution < 1.29 is 9.53 Å². The van der Waals surface area contributed by atoms with Crippen LogP contribution in [0.4, 0.5) is 0 Å². The van der Waals surface area contributed by atoms with Gasteiger partial charge in [-0.05, 0) is 39.8 Å². The molecule has 1 aromatic carbocycles. The predicted molar refractivity (Wildman–Crippen MR) is 99.7 cm³/mol. The van der Waals surface area contributed by atoms with E-state index >= 15 is 0 Å². The van der Waals surface area contributed by atoms with Gasteiger partial charge in [0.25, 0.3) is 5.91 Å². The minimum absolute atomic E-state index is 0.0771. The molecule has 1 amide bonds. The van der Waals surface area contributed by atoms with Crippen molar-refractivity contribution in [3.05, 3.63) is 42.1 Å². The summed E-state index contributed by atoms with van der Waals surface area (Å²) in [5.41, 5.74) is 1.23. The fourth-order valence-corrected chi connectivity index (χ4v) is 3.46. The van der Waals surface area contributed by atoms with Crippen LogP contribution in [-0.2, 0) is 4.74 Å². The minimum atomic E-state index is -0.139. The van der Waals surface area contributed by atoms with E-state index in [0.717, 1.165) is 24.0 Å². The van der Waals surface area contributed by atoms with E-state index in [1.54, 1.807) is 6.20 Å². The fraction of sp³-hybridized carbons (Fsp3) is 0.500. The van der Waals surface area contributed by atoms with Gasteiger partial charge in [-0.3, -0.25) is 14.7 Å². The zero-order valence-electron chi connectivity index (χ0n) is 15.5. The van der Waals surface area contributed by atoms with Gasteiger partial charge in [-0.15, -0.1) is 0 Å². The molecule has 1 fully saturated rings. The smallest absolute Gasteiger partial charge is 0.253 e. The number of ether oxygens (including phenoxy) is 1. The van der Waals surface area contributed by atoms with Gasteiger partial charge in [0.15, 0.2) is 0 Å². The van der Waals surface area contributed by atoms with Crippen LogP contribution in [0.3, 0.4) is 0 Å². The molecule has 5 nitrogen and oxygen atoms in total. The van der Waals surface area contributed by atoms with Crippen LogP contribution in [0.5, 0.6) is 0 Å². The molecule has 0 saturated carbocycles. The van der Waals surface area contributed by atoms with E-state index in [0.29, 0.717) is 12.1 Å². The van der Waals surface area contributed by atoms with Gasteiger partial charge in [0.2, 0.25) is 0 Å². The van der Waals surface area contributed by atoms with Crippen LogP contribution in [0.15, 0.2) is 36.5 Å². The summed E-state index contributed by atoms with van der Waals surface area (Å²) in [5, 5.41) is 4.07. The Hall–Kier alpha value is -1.98. The monoisotopic (exact) mass is 341 g/mol. The van der Waals surface area contributed by atoms with E-state index in [1.807, 2.05) is 30.3 Å². The van der Waals surface area contributed by atoms with Gasteiger partial charge in [-0.2, -0.15) is 0 Å². The molecule has 1 aliphatic heterocycles. The SMILES string of the molecule is C[C@@H]1CN(C(C)(C)CNC(=O)c2cccc3cccnc23)C[C@@H](C)O1. The Bertz CT molecular complexity index is 744. The summed E-state index contributed by atoms with van der Waals surface area (Å²) in [6.45, 7) is 10.9. The molecule has 134 valence electrons. The summed E-state index contributed by atoms with van der Waals surface area (Å²) < 4.78 is 5.82. The van der Waals surface area contributed by atoms with Gasteiger partial charge in [-0.1, -0.05) is 18.2 Å². The summed E-state index contributed by atoms with van der Waals surface area (Å²) in [6, 6.07) is 9.55. The fourth-order valence-electron chi connectivity index (χ4n) is 3.46. The Morgan fingerprint density at radius 1 is 1.24 bits per heavy atom. The number of fused-ring (bicyclic) bond motifs is 1. The Morgan fingerprint density at radius 2 is 1.92 bits per heavy atom. The predicted octanol–water partition coefficient (Wildman–Crippen LogP) is 2.85. The number of aromatic nitrogens is 1. The van der Waals surface area contributed by atoms with E-state index in [-0.39, 0.29) is 23.7 Å². The number of para-hydroxylation sites is 1. The van der Waals surface area contributed by atoms with Crippen molar-refractivity contribution >= 4 is 16.8 Å². The van der Waals surface area contributed by atoms with Crippen molar-refractivity contribution in [1.82, 2.24) is 15.2 Å². The maximum Gasteiger partial charge on any atom is 0.253 e. The largest absolute Gasteiger partial charge is 0.373 e. The summed E-state index contributed by atoms with van der Waals surface area (Å²) >= 11 is 0. The maximum atomic E-state index is 12.7. The summed E-state index contributed by atoms with van der Waals surface area (Å²) in [5.74, 6) is -0.0771. The third-order valence-corrected chi connectivity index (χ3v) is 4.83. The molecule has 3 rings (SSSR count). The minimum Gasteiger partial charge on any atom is -0.373 e. The van der Waals surface area contributed by atoms with Crippen LogP contribution in [0.2, 0.25) is 0 Å². The van der Waals surface area contributed by atoms with Crippen molar-refractivity contribution in [2.75, 3.05) is 19.6 Å². The normalized spacial score (nSPS) is 22.1. The Morgan fingerprint density at radius 3 is 2.64 bits per heavy atom. The number of benzene rings is 1. The molecule has 0 radical (unpaired) electrons. The Balaban J connectivity index is 1.70. The molecule has 1 saturated heterocycles. The molecule has 2 atom stereocenters. The first kappa shape index (κ1) is 17.8. The molecule has 1 aromatic heterocycles. The van der Waals surface area contributed by atoms with Gasteiger partial charge in [-0.25, -0.2) is 0 Å². The van der Waals surface area contributed by atoms with Gasteiger partial charge >= 0.3 is 0 Å². The lowest BCUT2D eigenvalue weighted by Crippen LogP contribution is -2.58. The molecular weight excluding hydrogens is 314 g/mol. The topological polar surface area (TPSA) is 54.5 Å². The highest BCUT2D eigenvalue weighted by Gasteiger charge is 2.33. The van der Waals surface area contributed by atoms with E-state index in [2.05, 4.69) is 42.9 Å². The van der Waals surface area contributed by atoms with Crippen LogP contribution in [-0.4, -0.2) is 53.2 Å². The number of nitrogens with zero attached hydrogens (tertiary/aromatic N) is 2. The van der Waals surface area contributed by atoms with Gasteiger partial charge in [0.1, 0.15) is 0 Å². The molecule has 1 N–H and O–H groups in total. The van der Waals surface area contributed by atoms with Crippen molar-refractivity contribution in [2.24, 2.45) is 0 Å². The van der Waals surface area contributed by atoms with Crippen molar-refractivity contribution in [3.63, 3.8) is 0 Å². The summed E-state index contributed by atoms with van der Waals surface area (Å²) in [7, 11) is 0. The number of pyridine rings is 1. The van der Waals surface area contributed by atoms with Crippen molar-refractivity contribution in [1.29, 1.82) is 0 Å². The lowest BCUT2D eigenvalue weighted by molar-refractivity contribution is -0.0948. The quantitative estimate of drug-likeness (QED) is 0.929. The van der Waals surface area contributed by atoms with Gasteiger partial charge in [0.05, 0.1) is 23.3 Å². The summed E-state index contributed by atoms with van der Waals surface area (Å²) in [6.07, 6.45) is 2.14. The average Bonchev–Trinajstić information content (AvgIpc) is 2.58. The van der Waals surface area contributed by atoms with E-state index < -0.39 is 0 Å². The first-order valence-electron chi connectivity index (χ1n) is 8.89. The van der Waals surface area contributed by atoms with Gasteiger partial charge < -0.3 is 10.1 Å². The molecule has 2 heterocycles. The number of amides is 1. The van der Waals surface area contributed by atoms with E-state index in [1.165, 1.54) is 0 Å². The first-order chi connectivity index (χ1) is 11.9. The molecule has 1 aliphatic rings. The average molecular weight is 341 g/mol. The molecular formula is C20H27N3O2. The second kappa shape index (κ2) is 7.10. The Kier molecular flexibility index (Phi) is 5.06. The molecule has 0 bridgehead atoms. The van der Waals surface area contributed by atoms with Crippen molar-refractivity contribution in [2.45, 2.75) is 45.4 Å². The summed E-state index contributed by atoms with van der Waals surface area (Å²) in [4.78, 5) is 19.5. The molecule has 25 heavy (non-hydrogen) atoms. The number of rotatable bonds is 4. The molecule has 2 aromatic rings. The maximum absolute atomic E-state index is 12.7. The standard InChI is InChI=1S/C20H27N3O2/c1-14-11-23(12-15(2)25-14)20(3,4)13-22-19(24)17-9-5-7-16-8-6-10-21-18(16)17/h5-10,14-15H,11-13H2,1-4H3,(H,22,24)/t14-,15-/m1/s1. The molecule has 5 heteroatoms. The zero-order valence-corrected chi connectivity index (χ0v) is 15.5. The third kappa shape index (κ3) is 3.99. The number of hydrogen-bond donors (Lipinski definition) is 1. The lowest BCUT2D eigenvalue weighted by atomic mass is 9.99. The number of carbonyl (C=O) groups is 1. The van der Waals surface area contributed by atoms with Crippen LogP contribution in [0.25, 0.3) is 10.9 Å². The third-order valence-electron chi connectivity index (χ3n) is 4.83. The number of hydrogen-bond acceptors (Lipinski definition) is 4. The van der Waals surface area contributed by atoms with Crippen molar-refractivity contribution in [3.8, 4) is 0 Å². The van der Waals surface area contributed by atoms with Crippen LogP contribution < -0.4 is 5.32 Å². The molecule has 0 aliphatic carbocycles. The highest BCUT2D eigenvalue weighted by molar-refractivity contribution is 6.05. The van der Waals surface area contributed by atoms with Crippen LogP contribution >= 0.6 is 0 Å².